The molecule has 0 spiro atoms. The van der Waals surface area contributed by atoms with Gasteiger partial charge in [-0.1, -0.05) is 12.2 Å². The van der Waals surface area contributed by atoms with Crippen molar-refractivity contribution in [2.45, 2.75) is 13.8 Å². The summed E-state index contributed by atoms with van der Waals surface area (Å²) in [5.41, 5.74) is 1.16. The number of fused-ring (bicyclic) bond motifs is 1. The first kappa shape index (κ1) is 20.2. The summed E-state index contributed by atoms with van der Waals surface area (Å²) < 4.78 is 16.9. The lowest BCUT2D eigenvalue weighted by Crippen LogP contribution is -2.08. The van der Waals surface area contributed by atoms with Crippen molar-refractivity contribution >= 4 is 41.0 Å². The van der Waals surface area contributed by atoms with Gasteiger partial charge in [0, 0.05) is 25.6 Å². The van der Waals surface area contributed by atoms with Crippen molar-refractivity contribution in [2.24, 2.45) is 0 Å². The lowest BCUT2D eigenvalue weighted by molar-refractivity contribution is -0.132. The van der Waals surface area contributed by atoms with E-state index in [-0.39, 0.29) is 11.3 Å². The molecule has 8 nitrogen and oxygen atoms in total. The molecule has 0 aliphatic carbocycles. The molecule has 1 heterocycles. The van der Waals surface area contributed by atoms with Crippen molar-refractivity contribution in [3.63, 3.8) is 0 Å². The number of benzene rings is 2. The van der Waals surface area contributed by atoms with Crippen molar-refractivity contribution in [3.8, 4) is 17.2 Å². The van der Waals surface area contributed by atoms with Gasteiger partial charge in [0.1, 0.15) is 22.5 Å². The summed E-state index contributed by atoms with van der Waals surface area (Å²) >= 11 is 5.59. The van der Waals surface area contributed by atoms with E-state index in [2.05, 4.69) is 4.98 Å². The number of nitrogens with zero attached hydrogens (tertiary/aromatic N) is 2. The molecular formula is C20H16N2O6S. The van der Waals surface area contributed by atoms with Crippen molar-refractivity contribution in [1.29, 1.82) is 0 Å². The van der Waals surface area contributed by atoms with E-state index in [9.17, 15) is 14.4 Å². The number of aromatic nitrogens is 2. The largest absolute Gasteiger partial charge is 0.465 e. The minimum Gasteiger partial charge on any atom is -0.465 e. The van der Waals surface area contributed by atoms with Gasteiger partial charge in [-0.25, -0.2) is 9.78 Å². The van der Waals surface area contributed by atoms with Crippen molar-refractivity contribution in [1.82, 2.24) is 9.55 Å². The smallest absolute Gasteiger partial charge is 0.338 e. The molecule has 9 heteroatoms. The van der Waals surface area contributed by atoms with E-state index in [4.69, 9.17) is 26.4 Å². The van der Waals surface area contributed by atoms with E-state index in [1.165, 1.54) is 39.4 Å². The molecule has 29 heavy (non-hydrogen) atoms. The first-order chi connectivity index (χ1) is 13.8. The second-order valence-electron chi connectivity index (χ2n) is 5.96. The molecule has 1 aromatic heterocycles. The van der Waals surface area contributed by atoms with Gasteiger partial charge in [-0.3, -0.25) is 14.2 Å². The predicted molar refractivity (Wildman–Crippen MR) is 106 cm³/mol. The molecule has 2 aromatic carbocycles. The quantitative estimate of drug-likeness (QED) is 0.365. The van der Waals surface area contributed by atoms with E-state index >= 15 is 0 Å². The van der Waals surface area contributed by atoms with Gasteiger partial charge in [0.25, 0.3) is 0 Å². The molecule has 0 fully saturated rings. The van der Waals surface area contributed by atoms with E-state index in [0.717, 1.165) is 0 Å². The maximum Gasteiger partial charge on any atom is 0.338 e. The Bertz CT molecular complexity index is 1180. The molecule has 0 aliphatic heterocycles. The van der Waals surface area contributed by atoms with Gasteiger partial charge in [-0.05, 0) is 30.3 Å². The fourth-order valence-electron chi connectivity index (χ4n) is 2.74. The molecular weight excluding hydrogens is 396 g/mol. The van der Waals surface area contributed by atoms with Crippen LogP contribution in [-0.2, 0) is 14.3 Å². The van der Waals surface area contributed by atoms with Gasteiger partial charge in [-0.2, -0.15) is 0 Å². The van der Waals surface area contributed by atoms with E-state index in [0.29, 0.717) is 27.0 Å². The van der Waals surface area contributed by atoms with Crippen LogP contribution in [0.25, 0.3) is 16.6 Å². The summed E-state index contributed by atoms with van der Waals surface area (Å²) in [5, 5.41) is 0.384. The van der Waals surface area contributed by atoms with Gasteiger partial charge in [0.2, 0.25) is 0 Å². The molecule has 0 N–H and O–H groups in total. The van der Waals surface area contributed by atoms with E-state index in [1.54, 1.807) is 28.8 Å². The Labute approximate surface area is 170 Å². The van der Waals surface area contributed by atoms with E-state index < -0.39 is 17.9 Å². The molecule has 0 atom stereocenters. The van der Waals surface area contributed by atoms with Crippen LogP contribution < -0.4 is 9.47 Å². The average Bonchev–Trinajstić information content (AvgIpc) is 2.67. The van der Waals surface area contributed by atoms with Gasteiger partial charge < -0.3 is 14.2 Å². The van der Waals surface area contributed by atoms with Gasteiger partial charge in [-0.15, -0.1) is 0 Å². The Balaban J connectivity index is 2.17. The fourth-order valence-corrected chi connectivity index (χ4v) is 3.11. The summed E-state index contributed by atoms with van der Waals surface area (Å²) in [6.07, 6.45) is 1.49. The van der Waals surface area contributed by atoms with Crippen molar-refractivity contribution in [3.05, 3.63) is 52.9 Å². The molecule has 3 rings (SSSR count). The van der Waals surface area contributed by atoms with Crippen molar-refractivity contribution < 1.29 is 28.6 Å². The second kappa shape index (κ2) is 8.19. The van der Waals surface area contributed by atoms with Crippen LogP contribution in [0.3, 0.4) is 0 Å². The van der Waals surface area contributed by atoms with Crippen LogP contribution in [0.5, 0.6) is 11.5 Å². The second-order valence-corrected chi connectivity index (χ2v) is 6.34. The number of hydrogen-bond donors (Lipinski definition) is 0. The topological polar surface area (TPSA) is 96.7 Å². The number of carbonyl (C=O) groups is 3. The van der Waals surface area contributed by atoms with Crippen LogP contribution in [0.1, 0.15) is 24.2 Å². The predicted octanol–water partition coefficient (Wildman–Crippen LogP) is 3.39. The highest BCUT2D eigenvalue weighted by Gasteiger charge is 2.17. The number of rotatable bonds is 4. The van der Waals surface area contributed by atoms with Crippen LogP contribution in [0.15, 0.2) is 42.7 Å². The zero-order valence-electron chi connectivity index (χ0n) is 15.8. The lowest BCUT2D eigenvalue weighted by Gasteiger charge is -2.12. The Morgan fingerprint density at radius 2 is 1.59 bits per heavy atom. The normalized spacial score (nSPS) is 10.4. The maximum absolute atomic E-state index is 12.3. The van der Waals surface area contributed by atoms with Crippen molar-refractivity contribution in [2.75, 3.05) is 7.11 Å². The van der Waals surface area contributed by atoms with Crippen LogP contribution in [0.2, 0.25) is 0 Å². The van der Waals surface area contributed by atoms with Crippen LogP contribution in [-0.4, -0.2) is 34.6 Å². The Morgan fingerprint density at radius 1 is 0.966 bits per heavy atom. The highest BCUT2D eigenvalue weighted by Crippen LogP contribution is 2.27. The number of esters is 3. The first-order valence-corrected chi connectivity index (χ1v) is 8.82. The number of carbonyl (C=O) groups excluding carboxylic acids is 3. The minimum atomic E-state index is -0.639. The number of ether oxygens (including phenoxy) is 3. The zero-order chi connectivity index (χ0) is 21.1. The Kier molecular flexibility index (Phi) is 5.69. The highest BCUT2D eigenvalue weighted by molar-refractivity contribution is 7.71. The van der Waals surface area contributed by atoms with Gasteiger partial charge >= 0.3 is 17.9 Å². The minimum absolute atomic E-state index is 0.129. The van der Waals surface area contributed by atoms with Crippen LogP contribution in [0.4, 0.5) is 0 Å². The summed E-state index contributed by atoms with van der Waals surface area (Å²) in [7, 11) is 1.24. The number of methoxy groups -OCH3 is 1. The molecule has 0 aliphatic rings. The monoisotopic (exact) mass is 412 g/mol. The summed E-state index contributed by atoms with van der Waals surface area (Å²) in [6.45, 7) is 2.57. The average molecular weight is 412 g/mol. The lowest BCUT2D eigenvalue weighted by atomic mass is 10.1. The molecule has 0 bridgehead atoms. The number of hydrogen-bond acceptors (Lipinski definition) is 8. The SMILES string of the molecule is COC(=O)c1cc(OC(C)=O)cc2ncn(-c3ccc(OC(C)=O)cc3)c(=S)c12. The summed E-state index contributed by atoms with van der Waals surface area (Å²) in [4.78, 5) is 39.0. The molecule has 0 amide bonds. The fraction of sp³-hybridized carbons (Fsp3) is 0.150. The third-order valence-corrected chi connectivity index (χ3v) is 4.28. The molecule has 3 aromatic rings. The summed E-state index contributed by atoms with van der Waals surface area (Å²) in [6, 6.07) is 9.55. The standard InChI is InChI=1S/C20H16N2O6S/c1-11(23)27-14-6-4-13(5-7-14)22-10-21-17-9-15(28-12(2)24)8-16(20(25)26-3)18(17)19(22)29/h4-10H,1-3H3. The third-order valence-electron chi connectivity index (χ3n) is 3.88. The van der Waals surface area contributed by atoms with Gasteiger partial charge in [0.05, 0.1) is 23.6 Å². The highest BCUT2D eigenvalue weighted by atomic mass is 32.1. The molecule has 0 radical (unpaired) electrons. The maximum atomic E-state index is 12.3. The van der Waals surface area contributed by atoms with Gasteiger partial charge in [0.15, 0.2) is 0 Å². The third kappa shape index (κ3) is 4.30. The molecule has 0 unspecified atom stereocenters. The molecule has 0 saturated heterocycles. The zero-order valence-corrected chi connectivity index (χ0v) is 16.6. The van der Waals surface area contributed by atoms with E-state index in [1.807, 2.05) is 0 Å². The Hall–Kier alpha value is -3.59. The van der Waals surface area contributed by atoms with Crippen LogP contribution in [0, 0.1) is 4.64 Å². The van der Waals surface area contributed by atoms with Crippen LogP contribution >= 0.6 is 12.2 Å². The first-order valence-electron chi connectivity index (χ1n) is 8.41. The summed E-state index contributed by atoms with van der Waals surface area (Å²) in [5.74, 6) is -1.04. The molecule has 148 valence electrons. The Morgan fingerprint density at radius 3 is 2.17 bits per heavy atom. The molecule has 0 saturated carbocycles.